The Hall–Kier alpha value is -2.70. The van der Waals surface area contributed by atoms with Crippen molar-refractivity contribution in [1.29, 1.82) is 0 Å². The molecule has 2 aliphatic rings. The number of nitrogens with zero attached hydrogens (tertiary/aromatic N) is 1. The molecule has 3 rings (SSSR count). The van der Waals surface area contributed by atoms with Gasteiger partial charge in [0.1, 0.15) is 12.2 Å². The Morgan fingerprint density at radius 1 is 1.31 bits per heavy atom. The summed E-state index contributed by atoms with van der Waals surface area (Å²) in [5.41, 5.74) is -0.139. The van der Waals surface area contributed by atoms with Crippen molar-refractivity contribution in [2.75, 3.05) is 33.9 Å². The van der Waals surface area contributed by atoms with Gasteiger partial charge >= 0.3 is 6.09 Å². The number of hydrogen-bond acceptors (Lipinski definition) is 6. The van der Waals surface area contributed by atoms with Gasteiger partial charge in [-0.2, -0.15) is 0 Å². The molecule has 7 heteroatoms. The van der Waals surface area contributed by atoms with Crippen molar-refractivity contribution < 1.29 is 28.5 Å². The van der Waals surface area contributed by atoms with E-state index in [0.717, 1.165) is 0 Å². The number of Topliss-reactive ketones (excluding diaryl/α,β-unsaturated/α-hetero) is 1. The maximum Gasteiger partial charge on any atom is 0.410 e. The number of fused-ring (bicyclic) bond motifs is 1. The molecule has 0 atom stereocenters. The van der Waals surface area contributed by atoms with Crippen LogP contribution in [0.4, 0.5) is 4.79 Å². The van der Waals surface area contributed by atoms with E-state index in [-0.39, 0.29) is 24.9 Å². The number of rotatable bonds is 4. The van der Waals surface area contributed by atoms with Gasteiger partial charge in [0.25, 0.3) is 0 Å². The van der Waals surface area contributed by atoms with Crippen molar-refractivity contribution in [1.82, 2.24) is 4.90 Å². The van der Waals surface area contributed by atoms with E-state index in [9.17, 15) is 9.59 Å². The molecule has 26 heavy (non-hydrogen) atoms. The third kappa shape index (κ3) is 3.21. The first kappa shape index (κ1) is 18.1. The highest BCUT2D eigenvalue weighted by Gasteiger charge is 2.45. The molecular weight excluding hydrogens is 338 g/mol. The van der Waals surface area contributed by atoms with Gasteiger partial charge in [-0.3, -0.25) is 4.79 Å². The van der Waals surface area contributed by atoms with Crippen LogP contribution in [0.1, 0.15) is 29.6 Å². The molecule has 7 nitrogen and oxygen atoms in total. The Kier molecular flexibility index (Phi) is 5.06. The van der Waals surface area contributed by atoms with E-state index in [1.54, 1.807) is 17.0 Å². The van der Waals surface area contributed by atoms with Crippen LogP contribution in [-0.2, 0) is 4.74 Å². The number of benzene rings is 1. The molecule has 0 N–H and O–H groups in total. The fourth-order valence-electron chi connectivity index (χ4n) is 3.46. The lowest BCUT2D eigenvalue weighted by Gasteiger charge is -2.43. The maximum atomic E-state index is 12.7. The third-order valence-corrected chi connectivity index (χ3v) is 4.86. The van der Waals surface area contributed by atoms with Gasteiger partial charge in [0.15, 0.2) is 17.3 Å². The standard InChI is InChI=1S/C19H23NO6/c1-4-11-25-18(22)20-9-7-19(8-10-20)12-14(21)13-5-6-15(23-2)17(24-3)16(13)26-19/h4-6H,1,7-12H2,2-3H3. The monoisotopic (exact) mass is 361 g/mol. The summed E-state index contributed by atoms with van der Waals surface area (Å²) >= 11 is 0. The molecule has 1 spiro atoms. The Morgan fingerprint density at radius 2 is 2.04 bits per heavy atom. The van der Waals surface area contributed by atoms with Gasteiger partial charge in [0, 0.05) is 25.9 Å². The Bertz CT molecular complexity index is 721. The highest BCUT2D eigenvalue weighted by atomic mass is 16.6. The Labute approximate surface area is 152 Å². The van der Waals surface area contributed by atoms with Crippen LogP contribution in [0.25, 0.3) is 0 Å². The summed E-state index contributed by atoms with van der Waals surface area (Å²) in [5, 5.41) is 0. The van der Waals surface area contributed by atoms with Crippen LogP contribution in [0.3, 0.4) is 0 Å². The molecule has 2 heterocycles. The zero-order valence-electron chi connectivity index (χ0n) is 15.1. The van der Waals surface area contributed by atoms with Crippen LogP contribution in [0.2, 0.25) is 0 Å². The number of amides is 1. The van der Waals surface area contributed by atoms with Crippen LogP contribution in [-0.4, -0.2) is 56.3 Å². The van der Waals surface area contributed by atoms with Crippen LogP contribution < -0.4 is 14.2 Å². The summed E-state index contributed by atoms with van der Waals surface area (Å²) in [6.07, 6.45) is 2.53. The first-order valence-corrected chi connectivity index (χ1v) is 8.53. The van der Waals surface area contributed by atoms with Crippen molar-refractivity contribution in [3.8, 4) is 17.2 Å². The molecule has 1 amide bonds. The van der Waals surface area contributed by atoms with Crippen molar-refractivity contribution in [2.24, 2.45) is 0 Å². The van der Waals surface area contributed by atoms with Gasteiger partial charge in [-0.05, 0) is 12.1 Å². The number of carbonyl (C=O) groups is 2. The van der Waals surface area contributed by atoms with E-state index < -0.39 is 5.60 Å². The van der Waals surface area contributed by atoms with Gasteiger partial charge in [0.05, 0.1) is 26.2 Å². The van der Waals surface area contributed by atoms with E-state index >= 15 is 0 Å². The van der Waals surface area contributed by atoms with Crippen LogP contribution in [0.15, 0.2) is 24.8 Å². The lowest BCUT2D eigenvalue weighted by Crippen LogP contribution is -2.52. The Balaban J connectivity index is 1.80. The molecule has 2 aliphatic heterocycles. The average molecular weight is 361 g/mol. The van der Waals surface area contributed by atoms with Crippen molar-refractivity contribution in [2.45, 2.75) is 24.9 Å². The largest absolute Gasteiger partial charge is 0.493 e. The van der Waals surface area contributed by atoms with Crippen molar-refractivity contribution >= 4 is 11.9 Å². The number of methoxy groups -OCH3 is 2. The molecule has 0 aliphatic carbocycles. The van der Waals surface area contributed by atoms with Crippen LogP contribution >= 0.6 is 0 Å². The number of piperidine rings is 1. The molecule has 1 saturated heterocycles. The number of carbonyl (C=O) groups excluding carboxylic acids is 2. The molecule has 1 aromatic rings. The number of likely N-dealkylation sites (tertiary alicyclic amines) is 1. The topological polar surface area (TPSA) is 74.3 Å². The molecule has 0 aromatic heterocycles. The first-order valence-electron chi connectivity index (χ1n) is 8.53. The minimum atomic E-state index is -0.640. The second-order valence-electron chi connectivity index (χ2n) is 6.42. The predicted molar refractivity (Wildman–Crippen MR) is 94.2 cm³/mol. The van der Waals surface area contributed by atoms with Crippen LogP contribution in [0.5, 0.6) is 17.2 Å². The predicted octanol–water partition coefficient (Wildman–Crippen LogP) is 2.83. The summed E-state index contributed by atoms with van der Waals surface area (Å²) < 4.78 is 22.1. The van der Waals surface area contributed by atoms with Gasteiger partial charge in [-0.15, -0.1) is 0 Å². The lowest BCUT2D eigenvalue weighted by atomic mass is 9.82. The van der Waals surface area contributed by atoms with Gasteiger partial charge < -0.3 is 23.8 Å². The molecule has 0 radical (unpaired) electrons. The first-order chi connectivity index (χ1) is 12.5. The zero-order valence-corrected chi connectivity index (χ0v) is 15.1. The summed E-state index contributed by atoms with van der Waals surface area (Å²) in [7, 11) is 3.06. The van der Waals surface area contributed by atoms with Gasteiger partial charge in [-0.1, -0.05) is 12.7 Å². The number of hydrogen-bond donors (Lipinski definition) is 0. The van der Waals surface area contributed by atoms with E-state index in [0.29, 0.717) is 48.7 Å². The fraction of sp³-hybridized carbons (Fsp3) is 0.474. The summed E-state index contributed by atoms with van der Waals surface area (Å²) in [6, 6.07) is 3.41. The summed E-state index contributed by atoms with van der Waals surface area (Å²) in [4.78, 5) is 26.3. The number of ketones is 1. The average Bonchev–Trinajstić information content (AvgIpc) is 2.65. The van der Waals surface area contributed by atoms with E-state index in [1.165, 1.54) is 20.3 Å². The van der Waals surface area contributed by atoms with Gasteiger partial charge in [-0.25, -0.2) is 4.79 Å². The smallest absolute Gasteiger partial charge is 0.410 e. The lowest BCUT2D eigenvalue weighted by molar-refractivity contribution is -0.00985. The maximum absolute atomic E-state index is 12.7. The highest BCUT2D eigenvalue weighted by molar-refractivity contribution is 6.01. The second kappa shape index (κ2) is 7.27. The fourth-order valence-corrected chi connectivity index (χ4v) is 3.46. The molecule has 0 saturated carbocycles. The van der Waals surface area contributed by atoms with Crippen molar-refractivity contribution in [3.05, 3.63) is 30.4 Å². The van der Waals surface area contributed by atoms with E-state index in [4.69, 9.17) is 18.9 Å². The van der Waals surface area contributed by atoms with E-state index in [1.807, 2.05) is 0 Å². The Morgan fingerprint density at radius 3 is 2.65 bits per heavy atom. The molecule has 0 unspecified atom stereocenters. The van der Waals surface area contributed by atoms with Crippen LogP contribution in [0, 0.1) is 0 Å². The molecular formula is C19H23NO6. The second-order valence-corrected chi connectivity index (χ2v) is 6.42. The summed E-state index contributed by atoms with van der Waals surface area (Å²) in [5.74, 6) is 1.37. The normalized spacial score (nSPS) is 17.9. The van der Waals surface area contributed by atoms with Gasteiger partial charge in [0.2, 0.25) is 5.75 Å². The van der Waals surface area contributed by atoms with Crippen molar-refractivity contribution in [3.63, 3.8) is 0 Å². The third-order valence-electron chi connectivity index (χ3n) is 4.86. The molecule has 0 bridgehead atoms. The minimum absolute atomic E-state index is 0.00915. The SMILES string of the molecule is C=CCOC(=O)N1CCC2(CC1)CC(=O)c1ccc(OC)c(OC)c1O2. The molecule has 1 fully saturated rings. The quantitative estimate of drug-likeness (QED) is 0.768. The molecule has 140 valence electrons. The highest BCUT2D eigenvalue weighted by Crippen LogP contribution is 2.47. The summed E-state index contributed by atoms with van der Waals surface area (Å²) in [6.45, 7) is 4.64. The molecule has 1 aromatic carbocycles. The van der Waals surface area contributed by atoms with E-state index in [2.05, 4.69) is 6.58 Å². The minimum Gasteiger partial charge on any atom is -0.493 e. The zero-order chi connectivity index (χ0) is 18.7. The number of ether oxygens (including phenoxy) is 4.